The summed E-state index contributed by atoms with van der Waals surface area (Å²) in [5.74, 6) is 0.820. The number of esters is 4. The Hall–Kier alpha value is -1.94. The maximum atomic E-state index is 13.0. The SMILES string of the molecule is CC(C)CCCCCCCCCCCCCCCCCCC(=O)O[C@H](COC(=O)CCCCCCCCCCCC(C)C)COP(=O)(O)OC[C@@H](O)COP(=O)(O)OC[C@@H](COC(=O)CCCCCCCCC(C)C)OC(=O)CCCCCCCCCCC(C)C. The quantitative estimate of drug-likeness (QED) is 0.0222. The van der Waals surface area contributed by atoms with Crippen LogP contribution in [0.3, 0.4) is 0 Å². The van der Waals surface area contributed by atoms with E-state index in [0.29, 0.717) is 31.6 Å². The van der Waals surface area contributed by atoms with Crippen LogP contribution < -0.4 is 0 Å². The van der Waals surface area contributed by atoms with Gasteiger partial charge < -0.3 is 33.8 Å². The van der Waals surface area contributed by atoms with E-state index in [1.54, 1.807) is 0 Å². The van der Waals surface area contributed by atoms with Crippen LogP contribution in [0.2, 0.25) is 0 Å². The van der Waals surface area contributed by atoms with Gasteiger partial charge in [-0.05, 0) is 49.4 Å². The molecule has 0 fully saturated rings. The number of phosphoric ester groups is 2. The molecule has 0 aliphatic heterocycles. The zero-order valence-corrected chi connectivity index (χ0v) is 61.3. The van der Waals surface area contributed by atoms with Gasteiger partial charge in [-0.15, -0.1) is 0 Å². The molecule has 0 rings (SSSR count). The molecule has 3 N–H and O–H groups in total. The van der Waals surface area contributed by atoms with Crippen molar-refractivity contribution in [1.29, 1.82) is 0 Å². The van der Waals surface area contributed by atoms with Crippen LogP contribution >= 0.6 is 15.6 Å². The molecule has 0 spiro atoms. The molecule has 0 aliphatic rings. The van der Waals surface area contributed by atoms with E-state index in [0.717, 1.165) is 114 Å². The lowest BCUT2D eigenvalue weighted by Gasteiger charge is -2.21. The van der Waals surface area contributed by atoms with Crippen molar-refractivity contribution in [2.75, 3.05) is 39.6 Å². The van der Waals surface area contributed by atoms with Gasteiger partial charge in [-0.3, -0.25) is 37.3 Å². The minimum Gasteiger partial charge on any atom is -0.462 e. The van der Waals surface area contributed by atoms with Crippen molar-refractivity contribution in [3.05, 3.63) is 0 Å². The van der Waals surface area contributed by atoms with Gasteiger partial charge >= 0.3 is 39.5 Å². The second-order valence-electron chi connectivity index (χ2n) is 27.9. The van der Waals surface area contributed by atoms with Gasteiger partial charge in [-0.2, -0.15) is 0 Å². The lowest BCUT2D eigenvalue weighted by molar-refractivity contribution is -0.161. The summed E-state index contributed by atoms with van der Waals surface area (Å²) in [7, 11) is -9.90. The van der Waals surface area contributed by atoms with Gasteiger partial charge in [0.25, 0.3) is 0 Å². The first-order valence-electron chi connectivity index (χ1n) is 37.2. The number of aliphatic hydroxyl groups is 1. The maximum Gasteiger partial charge on any atom is 0.472 e. The summed E-state index contributed by atoms with van der Waals surface area (Å²) in [4.78, 5) is 72.5. The summed E-state index contributed by atoms with van der Waals surface area (Å²) >= 11 is 0. The number of unbranched alkanes of at least 4 members (excludes halogenated alkanes) is 35. The summed E-state index contributed by atoms with van der Waals surface area (Å²) in [5.41, 5.74) is 0. The smallest absolute Gasteiger partial charge is 0.462 e. The molecule has 0 aromatic heterocycles. The highest BCUT2D eigenvalue weighted by Crippen LogP contribution is 2.45. The van der Waals surface area contributed by atoms with Gasteiger partial charge in [-0.25, -0.2) is 9.13 Å². The molecule has 0 bridgehead atoms. The molecule has 540 valence electrons. The third kappa shape index (κ3) is 66.5. The molecule has 91 heavy (non-hydrogen) atoms. The van der Waals surface area contributed by atoms with Crippen molar-refractivity contribution in [3.63, 3.8) is 0 Å². The summed E-state index contributed by atoms with van der Waals surface area (Å²) in [5, 5.41) is 10.6. The molecule has 0 aliphatic carbocycles. The van der Waals surface area contributed by atoms with Crippen molar-refractivity contribution in [2.24, 2.45) is 23.7 Å². The fourth-order valence-electron chi connectivity index (χ4n) is 10.8. The van der Waals surface area contributed by atoms with Crippen LogP contribution in [-0.2, 0) is 65.4 Å². The summed E-state index contributed by atoms with van der Waals surface area (Å²) < 4.78 is 68.3. The van der Waals surface area contributed by atoms with Crippen molar-refractivity contribution < 1.29 is 80.2 Å². The minimum absolute atomic E-state index is 0.103. The Morgan fingerprint density at radius 2 is 0.462 bits per heavy atom. The zero-order chi connectivity index (χ0) is 67.5. The normalized spacial score (nSPS) is 14.2. The molecule has 0 radical (unpaired) electrons. The number of carbonyl (C=O) groups excluding carboxylic acids is 4. The lowest BCUT2D eigenvalue weighted by Crippen LogP contribution is -2.30. The molecule has 17 nitrogen and oxygen atoms in total. The van der Waals surface area contributed by atoms with E-state index in [2.05, 4.69) is 55.4 Å². The van der Waals surface area contributed by atoms with E-state index in [1.807, 2.05) is 0 Å². The monoisotopic (exact) mass is 1340 g/mol. The van der Waals surface area contributed by atoms with E-state index in [1.165, 1.54) is 154 Å². The molecule has 0 heterocycles. The first-order chi connectivity index (χ1) is 43.6. The number of aliphatic hydroxyl groups excluding tert-OH is 1. The van der Waals surface area contributed by atoms with Gasteiger partial charge in [0.1, 0.15) is 19.3 Å². The Bertz CT molecular complexity index is 1800. The highest BCUT2D eigenvalue weighted by Gasteiger charge is 2.30. The molecule has 0 saturated carbocycles. The first kappa shape index (κ1) is 89.1. The Kier molecular flexibility index (Phi) is 60.3. The van der Waals surface area contributed by atoms with Gasteiger partial charge in [0, 0.05) is 25.7 Å². The average molecular weight is 1340 g/mol. The fraction of sp³-hybridized carbons (Fsp3) is 0.944. The Labute approximate surface area is 556 Å². The molecule has 2 unspecified atom stereocenters. The predicted octanol–water partition coefficient (Wildman–Crippen LogP) is 20.5. The number of ether oxygens (including phenoxy) is 4. The molecule has 0 aromatic rings. The van der Waals surface area contributed by atoms with Crippen molar-refractivity contribution in [2.45, 2.75) is 375 Å². The summed E-state index contributed by atoms with van der Waals surface area (Å²) in [6, 6.07) is 0. The van der Waals surface area contributed by atoms with Gasteiger partial charge in [0.15, 0.2) is 12.2 Å². The van der Waals surface area contributed by atoms with Crippen LogP contribution in [-0.4, -0.2) is 96.7 Å². The third-order valence-corrected chi connectivity index (χ3v) is 18.5. The molecular weight excluding hydrogens is 1200 g/mol. The lowest BCUT2D eigenvalue weighted by atomic mass is 10.0. The second kappa shape index (κ2) is 61.6. The Morgan fingerprint density at radius 1 is 0.275 bits per heavy atom. The fourth-order valence-corrected chi connectivity index (χ4v) is 12.4. The Balaban J connectivity index is 5.21. The zero-order valence-electron chi connectivity index (χ0n) is 59.5. The number of hydrogen-bond acceptors (Lipinski definition) is 15. The molecule has 0 amide bonds. The molecule has 5 atom stereocenters. The highest BCUT2D eigenvalue weighted by molar-refractivity contribution is 7.47. The van der Waals surface area contributed by atoms with Crippen LogP contribution in [0.5, 0.6) is 0 Å². The second-order valence-corrected chi connectivity index (χ2v) is 30.8. The molecule has 0 saturated heterocycles. The van der Waals surface area contributed by atoms with Crippen molar-refractivity contribution in [1.82, 2.24) is 0 Å². The maximum absolute atomic E-state index is 13.0. The van der Waals surface area contributed by atoms with Gasteiger partial charge in [0.2, 0.25) is 0 Å². The van der Waals surface area contributed by atoms with E-state index in [9.17, 15) is 43.2 Å². The molecule has 0 aromatic carbocycles. The van der Waals surface area contributed by atoms with Crippen LogP contribution in [0.15, 0.2) is 0 Å². The topological polar surface area (TPSA) is 237 Å². The highest BCUT2D eigenvalue weighted by atomic mass is 31.2. The summed E-state index contributed by atoms with van der Waals surface area (Å²) in [6.45, 7) is 14.1. The van der Waals surface area contributed by atoms with Crippen LogP contribution in [0.1, 0.15) is 357 Å². The largest absolute Gasteiger partial charge is 0.472 e. The third-order valence-electron chi connectivity index (χ3n) is 16.6. The Morgan fingerprint density at radius 3 is 0.681 bits per heavy atom. The van der Waals surface area contributed by atoms with Crippen molar-refractivity contribution >= 4 is 39.5 Å². The first-order valence-corrected chi connectivity index (χ1v) is 40.2. The average Bonchev–Trinajstić information content (AvgIpc) is 2.31. The predicted molar refractivity (Wildman–Crippen MR) is 367 cm³/mol. The van der Waals surface area contributed by atoms with E-state index >= 15 is 0 Å². The molecular formula is C72H140O17P2. The van der Waals surface area contributed by atoms with Crippen LogP contribution in [0.25, 0.3) is 0 Å². The number of rotatable bonds is 69. The summed E-state index contributed by atoms with van der Waals surface area (Å²) in [6.07, 6.45) is 44.7. The minimum atomic E-state index is -4.95. The van der Waals surface area contributed by atoms with Crippen LogP contribution in [0.4, 0.5) is 0 Å². The van der Waals surface area contributed by atoms with Crippen LogP contribution in [0, 0.1) is 23.7 Å². The van der Waals surface area contributed by atoms with Crippen molar-refractivity contribution in [3.8, 4) is 0 Å². The van der Waals surface area contributed by atoms with E-state index in [4.69, 9.17) is 37.0 Å². The standard InChI is InChI=1S/C72H140O17P2/c1-62(2)48-40-32-24-18-15-13-11-9-10-12-14-16-20-28-38-46-54-71(76)88-67(58-82-69(74)52-44-36-27-21-17-19-25-33-41-49-63(3)4)60-86-90(78,79)84-56-66(73)57-85-91(80,81)87-61-68(59-83-70(75)53-45-37-31-30-35-43-51-65(7)8)89-72(77)55-47-39-29-23-22-26-34-42-50-64(5)6/h62-68,73H,9-61H2,1-8H3,(H,78,79)(H,80,81)/t66-,67-,68-/m1/s1. The van der Waals surface area contributed by atoms with E-state index in [-0.39, 0.29) is 25.7 Å². The van der Waals surface area contributed by atoms with Gasteiger partial charge in [-0.1, -0.05) is 306 Å². The van der Waals surface area contributed by atoms with Gasteiger partial charge in [0.05, 0.1) is 26.4 Å². The molecule has 19 heteroatoms. The number of phosphoric acid groups is 2. The van der Waals surface area contributed by atoms with E-state index < -0.39 is 97.5 Å². The number of carbonyl (C=O) groups is 4. The number of hydrogen-bond donors (Lipinski definition) is 3.